The lowest BCUT2D eigenvalue weighted by atomic mass is 10.0. The number of ether oxygens (including phenoxy) is 1. The maximum absolute atomic E-state index is 11.8. The normalized spacial score (nSPS) is 16.4. The van der Waals surface area contributed by atoms with Crippen LogP contribution < -0.4 is 4.74 Å². The van der Waals surface area contributed by atoms with E-state index in [2.05, 4.69) is 36.9 Å². The molecule has 1 heterocycles. The summed E-state index contributed by atoms with van der Waals surface area (Å²) in [6.07, 6.45) is 1.22. The Hall–Kier alpha value is -1.65. The Labute approximate surface area is 151 Å². The van der Waals surface area contributed by atoms with Crippen molar-refractivity contribution >= 4 is 29.5 Å². The fourth-order valence-electron chi connectivity index (χ4n) is 2.65. The largest absolute Gasteiger partial charge is 0.423 e. The van der Waals surface area contributed by atoms with Gasteiger partial charge in [0.1, 0.15) is 9.83 Å². The standard InChI is InChI=1S/C20H20O2S2/c1-15(2)19(21)22-18-11-6-10-17(14-18)20(23-12-7-13-24-20)16-8-4-3-5-9-16/h3-6,8-11,14H,1,7,12-13H2,2H3. The quantitative estimate of drug-likeness (QED) is 0.425. The van der Waals surface area contributed by atoms with Crippen molar-refractivity contribution in [2.24, 2.45) is 0 Å². The Bertz CT molecular complexity index is 734. The van der Waals surface area contributed by atoms with Gasteiger partial charge in [0.05, 0.1) is 0 Å². The van der Waals surface area contributed by atoms with E-state index in [-0.39, 0.29) is 10.0 Å². The first kappa shape index (κ1) is 17.2. The van der Waals surface area contributed by atoms with Crippen LogP contribution in [0.3, 0.4) is 0 Å². The molecule has 4 heteroatoms. The van der Waals surface area contributed by atoms with Crippen molar-refractivity contribution in [1.82, 2.24) is 0 Å². The summed E-state index contributed by atoms with van der Waals surface area (Å²) in [5.41, 5.74) is 2.85. The van der Waals surface area contributed by atoms with Gasteiger partial charge in [0.2, 0.25) is 0 Å². The predicted octanol–water partition coefficient (Wildman–Crippen LogP) is 5.24. The van der Waals surface area contributed by atoms with Gasteiger partial charge in [-0.2, -0.15) is 0 Å². The molecule has 2 nitrogen and oxygen atoms in total. The van der Waals surface area contributed by atoms with Crippen LogP contribution in [0.4, 0.5) is 0 Å². The molecule has 24 heavy (non-hydrogen) atoms. The van der Waals surface area contributed by atoms with E-state index in [1.807, 2.05) is 47.8 Å². The van der Waals surface area contributed by atoms with Gasteiger partial charge in [0.15, 0.2) is 0 Å². The second-order valence-corrected chi connectivity index (χ2v) is 8.61. The van der Waals surface area contributed by atoms with Crippen LogP contribution in [0, 0.1) is 0 Å². The SMILES string of the molecule is C=C(C)C(=O)Oc1cccc(C2(c3ccccc3)SCCCS2)c1. The molecule has 0 aliphatic carbocycles. The predicted molar refractivity (Wildman–Crippen MR) is 104 cm³/mol. The van der Waals surface area contributed by atoms with Crippen molar-refractivity contribution in [3.63, 3.8) is 0 Å². The van der Waals surface area contributed by atoms with E-state index < -0.39 is 0 Å². The summed E-state index contributed by atoms with van der Waals surface area (Å²) < 4.78 is 5.28. The molecule has 1 aliphatic rings. The van der Waals surface area contributed by atoms with Crippen LogP contribution in [-0.2, 0) is 8.87 Å². The Morgan fingerprint density at radius 3 is 2.38 bits per heavy atom. The zero-order valence-corrected chi connectivity index (χ0v) is 15.3. The second kappa shape index (κ2) is 7.49. The van der Waals surface area contributed by atoms with Crippen LogP contribution in [0.25, 0.3) is 0 Å². The maximum atomic E-state index is 11.8. The molecule has 2 aromatic carbocycles. The minimum absolute atomic E-state index is 0.148. The number of thioether (sulfide) groups is 2. The van der Waals surface area contributed by atoms with E-state index in [4.69, 9.17) is 4.74 Å². The molecular weight excluding hydrogens is 336 g/mol. The maximum Gasteiger partial charge on any atom is 0.338 e. The van der Waals surface area contributed by atoms with Gasteiger partial charge < -0.3 is 4.74 Å². The molecule has 0 unspecified atom stereocenters. The van der Waals surface area contributed by atoms with E-state index in [1.165, 1.54) is 12.0 Å². The highest BCUT2D eigenvalue weighted by Gasteiger charge is 2.37. The number of carbonyl (C=O) groups is 1. The van der Waals surface area contributed by atoms with Crippen molar-refractivity contribution in [3.05, 3.63) is 77.9 Å². The lowest BCUT2D eigenvalue weighted by Gasteiger charge is -2.37. The van der Waals surface area contributed by atoms with Crippen LogP contribution in [0.15, 0.2) is 66.7 Å². The minimum atomic E-state index is -0.384. The third-order valence-corrected chi connectivity index (χ3v) is 7.27. The Kier molecular flexibility index (Phi) is 5.36. The monoisotopic (exact) mass is 356 g/mol. The summed E-state index contributed by atoms with van der Waals surface area (Å²) >= 11 is 3.91. The van der Waals surface area contributed by atoms with Crippen molar-refractivity contribution < 1.29 is 9.53 Å². The summed E-state index contributed by atoms with van der Waals surface area (Å²) in [6, 6.07) is 18.4. The molecule has 2 aromatic rings. The molecule has 1 saturated heterocycles. The molecule has 0 radical (unpaired) electrons. The Balaban J connectivity index is 2.00. The molecule has 0 spiro atoms. The Morgan fingerprint density at radius 2 is 1.71 bits per heavy atom. The average molecular weight is 357 g/mol. The third kappa shape index (κ3) is 3.55. The first-order valence-corrected chi connectivity index (χ1v) is 9.90. The van der Waals surface area contributed by atoms with Crippen molar-refractivity contribution in [3.8, 4) is 5.75 Å². The smallest absolute Gasteiger partial charge is 0.338 e. The van der Waals surface area contributed by atoms with Gasteiger partial charge >= 0.3 is 5.97 Å². The second-order valence-electron chi connectivity index (χ2n) is 5.73. The first-order chi connectivity index (χ1) is 11.6. The van der Waals surface area contributed by atoms with Crippen LogP contribution in [0.2, 0.25) is 0 Å². The lowest BCUT2D eigenvalue weighted by molar-refractivity contribution is -0.130. The minimum Gasteiger partial charge on any atom is -0.423 e. The molecule has 1 fully saturated rings. The summed E-state index contributed by atoms with van der Waals surface area (Å²) in [4.78, 5) is 11.8. The summed E-state index contributed by atoms with van der Waals surface area (Å²) in [7, 11) is 0. The average Bonchev–Trinajstić information content (AvgIpc) is 2.63. The number of hydrogen-bond donors (Lipinski definition) is 0. The zero-order chi connectivity index (χ0) is 17.0. The summed E-state index contributed by atoms with van der Waals surface area (Å²) in [6.45, 7) is 5.30. The van der Waals surface area contributed by atoms with E-state index >= 15 is 0 Å². The first-order valence-electron chi connectivity index (χ1n) is 7.93. The molecule has 0 saturated carbocycles. The third-order valence-electron chi connectivity index (χ3n) is 3.83. The van der Waals surface area contributed by atoms with Crippen LogP contribution in [0.5, 0.6) is 5.75 Å². The summed E-state index contributed by atoms with van der Waals surface area (Å²) in [5, 5.41) is 0. The van der Waals surface area contributed by atoms with Gasteiger partial charge in [0.25, 0.3) is 0 Å². The van der Waals surface area contributed by atoms with Crippen LogP contribution in [0.1, 0.15) is 24.5 Å². The molecule has 0 amide bonds. The van der Waals surface area contributed by atoms with E-state index in [0.717, 1.165) is 17.1 Å². The number of carbonyl (C=O) groups excluding carboxylic acids is 1. The van der Waals surface area contributed by atoms with Crippen LogP contribution >= 0.6 is 23.5 Å². The number of rotatable bonds is 4. The van der Waals surface area contributed by atoms with E-state index in [0.29, 0.717) is 11.3 Å². The van der Waals surface area contributed by atoms with Gasteiger partial charge in [0, 0.05) is 5.57 Å². The number of benzene rings is 2. The molecule has 1 aliphatic heterocycles. The molecule has 0 N–H and O–H groups in total. The topological polar surface area (TPSA) is 26.3 Å². The van der Waals surface area contributed by atoms with Crippen molar-refractivity contribution in [1.29, 1.82) is 0 Å². The van der Waals surface area contributed by atoms with Crippen LogP contribution in [-0.4, -0.2) is 17.5 Å². The highest BCUT2D eigenvalue weighted by atomic mass is 32.2. The summed E-state index contributed by atoms with van der Waals surface area (Å²) in [5.74, 6) is 2.43. The Morgan fingerprint density at radius 1 is 1.04 bits per heavy atom. The highest BCUT2D eigenvalue weighted by molar-refractivity contribution is 8.18. The van der Waals surface area contributed by atoms with Gasteiger partial charge in [-0.05, 0) is 48.1 Å². The fraction of sp³-hybridized carbons (Fsp3) is 0.250. The van der Waals surface area contributed by atoms with Gasteiger partial charge in [-0.3, -0.25) is 0 Å². The lowest BCUT2D eigenvalue weighted by Crippen LogP contribution is -2.24. The van der Waals surface area contributed by atoms with Gasteiger partial charge in [-0.25, -0.2) is 4.79 Å². The molecular formula is C20H20O2S2. The fourth-order valence-corrected chi connectivity index (χ4v) is 6.01. The molecule has 3 rings (SSSR count). The van der Waals surface area contributed by atoms with Crippen molar-refractivity contribution in [2.75, 3.05) is 11.5 Å². The highest BCUT2D eigenvalue weighted by Crippen LogP contribution is 2.55. The molecule has 124 valence electrons. The van der Waals surface area contributed by atoms with E-state index in [1.54, 1.807) is 6.92 Å². The van der Waals surface area contributed by atoms with Crippen molar-refractivity contribution in [2.45, 2.75) is 17.4 Å². The van der Waals surface area contributed by atoms with Gasteiger partial charge in [-0.15, -0.1) is 23.5 Å². The molecule has 0 atom stereocenters. The number of hydrogen-bond acceptors (Lipinski definition) is 4. The number of esters is 1. The zero-order valence-electron chi connectivity index (χ0n) is 13.7. The molecule has 0 bridgehead atoms. The molecule has 0 aromatic heterocycles. The van der Waals surface area contributed by atoms with E-state index in [9.17, 15) is 4.79 Å². The van der Waals surface area contributed by atoms with Gasteiger partial charge in [-0.1, -0.05) is 49.0 Å².